The summed E-state index contributed by atoms with van der Waals surface area (Å²) in [6, 6.07) is 2.67. The standard InChI is InChI=1S/C26H36F2N4O3/c1-17-8-9-19(27)22(23(17)28)24(34)31-13-10-26(11-14-31)12-15-32(16-26)21(33)7-5-3-4-6-20-18(2)29-25(35)30-20/h8-9,18,20H,3-7,10-16H2,1-2H3,(H2,29,30,35). The summed E-state index contributed by atoms with van der Waals surface area (Å²) in [5, 5.41) is 5.77. The van der Waals surface area contributed by atoms with Crippen molar-refractivity contribution >= 4 is 17.8 Å². The smallest absolute Gasteiger partial charge is 0.315 e. The number of carbonyl (C=O) groups excluding carboxylic acids is 3. The molecule has 0 saturated carbocycles. The summed E-state index contributed by atoms with van der Waals surface area (Å²) in [6.45, 7) is 5.82. The molecule has 1 spiro atoms. The third-order valence-corrected chi connectivity index (χ3v) is 8.08. The van der Waals surface area contributed by atoms with Crippen molar-refractivity contribution in [2.45, 2.75) is 77.3 Å². The quantitative estimate of drug-likeness (QED) is 0.572. The number of piperidine rings is 1. The fourth-order valence-corrected chi connectivity index (χ4v) is 5.69. The highest BCUT2D eigenvalue weighted by atomic mass is 19.1. The van der Waals surface area contributed by atoms with Gasteiger partial charge in [0.05, 0.1) is 6.04 Å². The van der Waals surface area contributed by atoms with E-state index in [1.54, 1.807) is 4.90 Å². The van der Waals surface area contributed by atoms with Gasteiger partial charge in [-0.3, -0.25) is 9.59 Å². The van der Waals surface area contributed by atoms with Crippen LogP contribution in [0.2, 0.25) is 0 Å². The molecule has 0 aliphatic carbocycles. The number of carbonyl (C=O) groups is 3. The summed E-state index contributed by atoms with van der Waals surface area (Å²) in [5.41, 5.74) is -0.227. The normalized spacial score (nSPS) is 23.5. The summed E-state index contributed by atoms with van der Waals surface area (Å²) >= 11 is 0. The van der Waals surface area contributed by atoms with Crippen LogP contribution in [0.5, 0.6) is 0 Å². The van der Waals surface area contributed by atoms with E-state index in [1.807, 2.05) is 11.8 Å². The molecule has 35 heavy (non-hydrogen) atoms. The van der Waals surface area contributed by atoms with Gasteiger partial charge >= 0.3 is 6.03 Å². The Hall–Kier alpha value is -2.71. The number of nitrogens with zero attached hydrogens (tertiary/aromatic N) is 2. The zero-order chi connectivity index (χ0) is 25.2. The molecule has 0 aromatic heterocycles. The Bertz CT molecular complexity index is 978. The highest BCUT2D eigenvalue weighted by Crippen LogP contribution is 2.41. The topological polar surface area (TPSA) is 81.8 Å². The van der Waals surface area contributed by atoms with Gasteiger partial charge in [-0.15, -0.1) is 0 Å². The van der Waals surface area contributed by atoms with Gasteiger partial charge in [-0.25, -0.2) is 13.6 Å². The first-order valence-electron chi connectivity index (χ1n) is 12.8. The van der Waals surface area contributed by atoms with Gasteiger partial charge < -0.3 is 20.4 Å². The van der Waals surface area contributed by atoms with Gasteiger partial charge in [0.15, 0.2) is 0 Å². The summed E-state index contributed by atoms with van der Waals surface area (Å²) < 4.78 is 28.6. The largest absolute Gasteiger partial charge is 0.342 e. The van der Waals surface area contributed by atoms with Gasteiger partial charge in [0, 0.05) is 38.6 Å². The molecule has 2 atom stereocenters. The van der Waals surface area contributed by atoms with E-state index in [1.165, 1.54) is 13.0 Å². The van der Waals surface area contributed by atoms with E-state index in [9.17, 15) is 23.2 Å². The molecule has 1 aromatic rings. The third-order valence-electron chi connectivity index (χ3n) is 8.08. The van der Waals surface area contributed by atoms with Crippen LogP contribution in [-0.2, 0) is 4.79 Å². The van der Waals surface area contributed by atoms with Gasteiger partial charge in [0.1, 0.15) is 17.2 Å². The Morgan fingerprint density at radius 3 is 2.37 bits per heavy atom. The number of rotatable bonds is 7. The van der Waals surface area contributed by atoms with Crippen molar-refractivity contribution in [3.05, 3.63) is 34.9 Å². The summed E-state index contributed by atoms with van der Waals surface area (Å²) in [5.74, 6) is -2.03. The summed E-state index contributed by atoms with van der Waals surface area (Å²) in [6.07, 6.45) is 6.56. The maximum Gasteiger partial charge on any atom is 0.315 e. The second-order valence-corrected chi connectivity index (χ2v) is 10.5. The highest BCUT2D eigenvalue weighted by molar-refractivity contribution is 5.95. The molecule has 3 fully saturated rings. The average Bonchev–Trinajstić information content (AvgIpc) is 3.39. The average molecular weight is 491 g/mol. The van der Waals surface area contributed by atoms with E-state index in [0.29, 0.717) is 26.1 Å². The van der Waals surface area contributed by atoms with E-state index < -0.39 is 23.1 Å². The van der Waals surface area contributed by atoms with E-state index >= 15 is 0 Å². The molecule has 3 saturated heterocycles. The molecule has 7 nitrogen and oxygen atoms in total. The lowest BCUT2D eigenvalue weighted by Crippen LogP contribution is -2.45. The number of hydrogen-bond donors (Lipinski definition) is 2. The van der Waals surface area contributed by atoms with Crippen LogP contribution in [0.15, 0.2) is 12.1 Å². The zero-order valence-corrected chi connectivity index (χ0v) is 20.7. The predicted molar refractivity (Wildman–Crippen MR) is 128 cm³/mol. The van der Waals surface area contributed by atoms with Crippen molar-refractivity contribution in [1.82, 2.24) is 20.4 Å². The van der Waals surface area contributed by atoms with Crippen molar-refractivity contribution in [1.29, 1.82) is 0 Å². The van der Waals surface area contributed by atoms with Gasteiger partial charge in [0.2, 0.25) is 5.91 Å². The van der Waals surface area contributed by atoms with Crippen LogP contribution in [0.3, 0.4) is 0 Å². The van der Waals surface area contributed by atoms with Crippen molar-refractivity contribution in [2.24, 2.45) is 5.41 Å². The molecule has 192 valence electrons. The number of amides is 4. The van der Waals surface area contributed by atoms with Crippen molar-refractivity contribution in [3.63, 3.8) is 0 Å². The van der Waals surface area contributed by atoms with E-state index in [-0.39, 0.29) is 35.0 Å². The molecule has 0 bridgehead atoms. The maximum absolute atomic E-state index is 14.4. The van der Waals surface area contributed by atoms with Crippen LogP contribution >= 0.6 is 0 Å². The zero-order valence-electron chi connectivity index (χ0n) is 20.7. The van der Waals surface area contributed by atoms with Crippen molar-refractivity contribution in [2.75, 3.05) is 26.2 Å². The lowest BCUT2D eigenvalue weighted by atomic mass is 9.77. The van der Waals surface area contributed by atoms with Crippen molar-refractivity contribution in [3.8, 4) is 0 Å². The molecule has 4 rings (SSSR count). The molecule has 9 heteroatoms. The van der Waals surface area contributed by atoms with E-state index in [0.717, 1.165) is 57.6 Å². The number of nitrogens with one attached hydrogen (secondary N) is 2. The van der Waals surface area contributed by atoms with Crippen LogP contribution in [0.4, 0.5) is 13.6 Å². The molecule has 3 aliphatic rings. The van der Waals surface area contributed by atoms with Gasteiger partial charge in [-0.1, -0.05) is 18.9 Å². The molecular weight excluding hydrogens is 454 g/mol. The molecule has 1 aromatic carbocycles. The summed E-state index contributed by atoms with van der Waals surface area (Å²) in [4.78, 5) is 40.4. The highest BCUT2D eigenvalue weighted by Gasteiger charge is 2.43. The number of unbranched alkanes of at least 4 members (excludes halogenated alkanes) is 2. The minimum Gasteiger partial charge on any atom is -0.342 e. The fourth-order valence-electron chi connectivity index (χ4n) is 5.69. The predicted octanol–water partition coefficient (Wildman–Crippen LogP) is 3.75. The Balaban J connectivity index is 1.20. The first-order chi connectivity index (χ1) is 16.7. The van der Waals surface area contributed by atoms with E-state index in [2.05, 4.69) is 10.6 Å². The molecule has 4 amide bonds. The maximum atomic E-state index is 14.4. The number of halogens is 2. The molecule has 2 unspecified atom stereocenters. The minimum atomic E-state index is -0.824. The Labute approximate surface area is 205 Å². The monoisotopic (exact) mass is 490 g/mol. The first-order valence-corrected chi connectivity index (χ1v) is 12.8. The summed E-state index contributed by atoms with van der Waals surface area (Å²) in [7, 11) is 0. The molecule has 2 N–H and O–H groups in total. The number of aryl methyl sites for hydroxylation is 1. The van der Waals surface area contributed by atoms with E-state index in [4.69, 9.17) is 0 Å². The number of likely N-dealkylation sites (tertiary alicyclic amines) is 2. The van der Waals surface area contributed by atoms with Gasteiger partial charge in [0.25, 0.3) is 5.91 Å². The number of hydrogen-bond acceptors (Lipinski definition) is 3. The fraction of sp³-hybridized carbons (Fsp3) is 0.654. The SMILES string of the molecule is Cc1ccc(F)c(C(=O)N2CCC3(CCN(C(=O)CCCCCC4NC(=O)NC4C)C3)CC2)c1F. The lowest BCUT2D eigenvalue weighted by Gasteiger charge is -2.39. The molecular formula is C26H36F2N4O3. The van der Waals surface area contributed by atoms with Gasteiger partial charge in [-0.05, 0) is 63.0 Å². The Morgan fingerprint density at radius 1 is 1.03 bits per heavy atom. The first kappa shape index (κ1) is 25.4. The van der Waals surface area contributed by atoms with Crippen LogP contribution in [0.25, 0.3) is 0 Å². The molecule has 3 heterocycles. The third kappa shape index (κ3) is 5.59. The lowest BCUT2D eigenvalue weighted by molar-refractivity contribution is -0.130. The molecule has 3 aliphatic heterocycles. The van der Waals surface area contributed by atoms with Crippen LogP contribution in [0, 0.1) is 24.0 Å². The Kier molecular flexibility index (Phi) is 7.62. The number of benzene rings is 1. The van der Waals surface area contributed by atoms with Gasteiger partial charge in [-0.2, -0.15) is 0 Å². The Morgan fingerprint density at radius 2 is 1.71 bits per heavy atom. The minimum absolute atomic E-state index is 0.0139. The van der Waals surface area contributed by atoms with Crippen LogP contribution < -0.4 is 10.6 Å². The van der Waals surface area contributed by atoms with Crippen LogP contribution in [0.1, 0.15) is 74.2 Å². The van der Waals surface area contributed by atoms with Crippen molar-refractivity contribution < 1.29 is 23.2 Å². The molecule has 0 radical (unpaired) electrons. The number of urea groups is 1. The second-order valence-electron chi connectivity index (χ2n) is 10.5. The van der Waals surface area contributed by atoms with Crippen LogP contribution in [-0.4, -0.2) is 65.9 Å². The second kappa shape index (κ2) is 10.5.